The molecule has 0 amide bonds. The second-order valence-electron chi connectivity index (χ2n) is 6.60. The summed E-state index contributed by atoms with van der Waals surface area (Å²) in [6.07, 6.45) is 3.26. The highest BCUT2D eigenvalue weighted by Gasteiger charge is 2.10. The van der Waals surface area contributed by atoms with E-state index in [-0.39, 0.29) is 0 Å². The van der Waals surface area contributed by atoms with Crippen LogP contribution in [-0.2, 0) is 6.42 Å². The van der Waals surface area contributed by atoms with Gasteiger partial charge in [0.15, 0.2) is 0 Å². The lowest BCUT2D eigenvalue weighted by Gasteiger charge is -2.09. The molecule has 4 aromatic rings. The van der Waals surface area contributed by atoms with Crippen LogP contribution in [0.25, 0.3) is 22.5 Å². The van der Waals surface area contributed by atoms with Crippen molar-refractivity contribution in [2.75, 3.05) is 6.61 Å². The van der Waals surface area contributed by atoms with Crippen LogP contribution in [0.2, 0.25) is 0 Å². The van der Waals surface area contributed by atoms with Gasteiger partial charge in [-0.05, 0) is 53.3 Å². The Bertz CT molecular complexity index is 983. The number of hydrogen-bond donors (Lipinski definition) is 1. The van der Waals surface area contributed by atoms with E-state index in [1.807, 2.05) is 30.3 Å². The fraction of sp³-hybridized carbons (Fsp3) is 0.174. The minimum Gasteiger partial charge on any atom is -0.494 e. The molecule has 0 atom stereocenters. The predicted octanol–water partition coefficient (Wildman–Crippen LogP) is 4.94. The molecule has 0 aliphatic heterocycles. The van der Waals surface area contributed by atoms with Crippen molar-refractivity contribution in [2.45, 2.75) is 19.3 Å². The van der Waals surface area contributed by atoms with Crippen LogP contribution in [0, 0.1) is 0 Å². The van der Waals surface area contributed by atoms with Gasteiger partial charge in [-0.15, -0.1) is 10.2 Å². The molecule has 140 valence electrons. The van der Waals surface area contributed by atoms with Crippen molar-refractivity contribution in [3.05, 3.63) is 84.4 Å². The van der Waals surface area contributed by atoms with Gasteiger partial charge in [0, 0.05) is 5.56 Å². The van der Waals surface area contributed by atoms with Gasteiger partial charge < -0.3 is 4.74 Å². The zero-order valence-electron chi connectivity index (χ0n) is 15.6. The maximum atomic E-state index is 5.90. The number of hydrogen-bond acceptors (Lipinski definition) is 4. The zero-order chi connectivity index (χ0) is 19.0. The van der Waals surface area contributed by atoms with Crippen molar-refractivity contribution in [1.29, 1.82) is 0 Å². The van der Waals surface area contributed by atoms with E-state index in [1.54, 1.807) is 0 Å². The summed E-state index contributed by atoms with van der Waals surface area (Å²) in [7, 11) is 0. The van der Waals surface area contributed by atoms with E-state index in [2.05, 4.69) is 69.2 Å². The molecule has 28 heavy (non-hydrogen) atoms. The summed E-state index contributed by atoms with van der Waals surface area (Å²) >= 11 is 0. The van der Waals surface area contributed by atoms with Crippen LogP contribution in [0.15, 0.2) is 78.9 Å². The van der Waals surface area contributed by atoms with Crippen LogP contribution in [0.1, 0.15) is 18.4 Å². The van der Waals surface area contributed by atoms with Gasteiger partial charge in [0.05, 0.1) is 6.61 Å². The fourth-order valence-corrected chi connectivity index (χ4v) is 3.20. The van der Waals surface area contributed by atoms with Crippen molar-refractivity contribution < 1.29 is 4.74 Å². The molecule has 0 saturated heterocycles. The average Bonchev–Trinajstić information content (AvgIpc) is 3.30. The summed E-state index contributed by atoms with van der Waals surface area (Å²) in [5, 5.41) is 14.4. The van der Waals surface area contributed by atoms with Gasteiger partial charge in [-0.2, -0.15) is 5.21 Å². The van der Waals surface area contributed by atoms with E-state index >= 15 is 0 Å². The number of benzene rings is 3. The van der Waals surface area contributed by atoms with Crippen molar-refractivity contribution in [3.8, 4) is 28.3 Å². The zero-order valence-corrected chi connectivity index (χ0v) is 15.6. The third-order valence-electron chi connectivity index (χ3n) is 4.65. The minimum atomic E-state index is 0.592. The van der Waals surface area contributed by atoms with Gasteiger partial charge >= 0.3 is 0 Å². The molecular weight excluding hydrogens is 348 g/mol. The van der Waals surface area contributed by atoms with Gasteiger partial charge in [0.2, 0.25) is 5.82 Å². The van der Waals surface area contributed by atoms with Crippen molar-refractivity contribution >= 4 is 0 Å². The molecule has 0 bridgehead atoms. The predicted molar refractivity (Wildman–Crippen MR) is 110 cm³/mol. The molecule has 3 aromatic carbocycles. The molecular formula is C23H22N4O. The summed E-state index contributed by atoms with van der Waals surface area (Å²) < 4.78 is 5.90. The summed E-state index contributed by atoms with van der Waals surface area (Å²) in [6.45, 7) is 0.728. The molecule has 5 heteroatoms. The summed E-state index contributed by atoms with van der Waals surface area (Å²) in [6, 6.07) is 26.8. The van der Waals surface area contributed by atoms with Crippen LogP contribution in [0.5, 0.6) is 5.75 Å². The van der Waals surface area contributed by atoms with Crippen LogP contribution in [-0.4, -0.2) is 27.2 Å². The lowest BCUT2D eigenvalue weighted by molar-refractivity contribution is 0.307. The highest BCUT2D eigenvalue weighted by molar-refractivity contribution is 5.80. The number of H-pyrrole nitrogens is 1. The number of aromatic amines is 1. The van der Waals surface area contributed by atoms with Crippen LogP contribution >= 0.6 is 0 Å². The Morgan fingerprint density at radius 2 is 1.50 bits per heavy atom. The molecule has 0 unspecified atom stereocenters. The first-order valence-corrected chi connectivity index (χ1v) is 9.50. The SMILES string of the molecule is c1ccc(CCCCOc2ccc(-c3ccccc3-c3nn[nH]n3)cc2)cc1. The fourth-order valence-electron chi connectivity index (χ4n) is 3.20. The number of rotatable bonds is 8. The first-order chi connectivity index (χ1) is 13.9. The summed E-state index contributed by atoms with van der Waals surface area (Å²) in [5.74, 6) is 1.48. The maximum absolute atomic E-state index is 5.90. The highest BCUT2D eigenvalue weighted by atomic mass is 16.5. The highest BCUT2D eigenvalue weighted by Crippen LogP contribution is 2.30. The Morgan fingerprint density at radius 1 is 0.750 bits per heavy atom. The van der Waals surface area contributed by atoms with E-state index in [0.29, 0.717) is 5.82 Å². The first kappa shape index (κ1) is 17.9. The largest absolute Gasteiger partial charge is 0.494 e. The number of ether oxygens (including phenoxy) is 1. The average molecular weight is 370 g/mol. The van der Waals surface area contributed by atoms with Crippen molar-refractivity contribution in [3.63, 3.8) is 0 Å². The second-order valence-corrected chi connectivity index (χ2v) is 6.60. The molecule has 0 fully saturated rings. The van der Waals surface area contributed by atoms with Gasteiger partial charge in [0.1, 0.15) is 5.75 Å². The smallest absolute Gasteiger partial charge is 0.205 e. The number of aryl methyl sites for hydroxylation is 1. The van der Waals surface area contributed by atoms with Gasteiger partial charge in [-0.1, -0.05) is 66.7 Å². The molecule has 1 N–H and O–H groups in total. The Hall–Kier alpha value is -3.47. The van der Waals surface area contributed by atoms with Gasteiger partial charge in [-0.25, -0.2) is 0 Å². The standard InChI is InChI=1S/C23H22N4O/c1-2-8-18(9-3-1)10-6-7-17-28-20-15-13-19(14-16-20)21-11-4-5-12-22(21)23-24-26-27-25-23/h1-5,8-9,11-16H,6-7,10,17H2,(H,24,25,26,27). The number of tetrazole rings is 1. The molecule has 1 heterocycles. The summed E-state index contributed by atoms with van der Waals surface area (Å²) in [4.78, 5) is 0. The Balaban J connectivity index is 1.33. The molecule has 0 spiro atoms. The minimum absolute atomic E-state index is 0.592. The molecule has 0 aliphatic rings. The molecule has 1 aromatic heterocycles. The second kappa shape index (κ2) is 8.95. The third-order valence-corrected chi connectivity index (χ3v) is 4.65. The molecule has 4 rings (SSSR count). The van der Waals surface area contributed by atoms with E-state index in [0.717, 1.165) is 48.3 Å². The summed E-state index contributed by atoms with van der Waals surface area (Å²) in [5.41, 5.74) is 4.49. The Labute approximate surface area is 164 Å². The lowest BCUT2D eigenvalue weighted by atomic mass is 9.99. The van der Waals surface area contributed by atoms with Crippen LogP contribution < -0.4 is 4.74 Å². The monoisotopic (exact) mass is 370 g/mol. The molecule has 5 nitrogen and oxygen atoms in total. The van der Waals surface area contributed by atoms with Crippen LogP contribution in [0.4, 0.5) is 0 Å². The number of unbranched alkanes of at least 4 members (excludes halogenated alkanes) is 1. The Kier molecular flexibility index (Phi) is 5.73. The molecule has 0 saturated carbocycles. The van der Waals surface area contributed by atoms with E-state index in [9.17, 15) is 0 Å². The first-order valence-electron chi connectivity index (χ1n) is 9.50. The topological polar surface area (TPSA) is 63.7 Å². The van der Waals surface area contributed by atoms with E-state index in [1.165, 1.54) is 5.56 Å². The Morgan fingerprint density at radius 3 is 2.25 bits per heavy atom. The third kappa shape index (κ3) is 4.43. The van der Waals surface area contributed by atoms with E-state index in [4.69, 9.17) is 4.74 Å². The normalized spacial score (nSPS) is 10.7. The van der Waals surface area contributed by atoms with E-state index < -0.39 is 0 Å². The number of aromatic nitrogens is 4. The number of nitrogens with one attached hydrogen (secondary N) is 1. The van der Waals surface area contributed by atoms with Gasteiger partial charge in [0.25, 0.3) is 0 Å². The number of nitrogens with zero attached hydrogens (tertiary/aromatic N) is 3. The van der Waals surface area contributed by atoms with Crippen molar-refractivity contribution in [2.24, 2.45) is 0 Å². The van der Waals surface area contributed by atoms with Gasteiger partial charge in [-0.3, -0.25) is 0 Å². The van der Waals surface area contributed by atoms with Crippen LogP contribution in [0.3, 0.4) is 0 Å². The van der Waals surface area contributed by atoms with Crippen molar-refractivity contribution in [1.82, 2.24) is 20.6 Å². The molecule has 0 aliphatic carbocycles. The maximum Gasteiger partial charge on any atom is 0.205 e. The lowest BCUT2D eigenvalue weighted by Crippen LogP contribution is -1.98. The molecule has 0 radical (unpaired) electrons. The quantitative estimate of drug-likeness (QED) is 0.446.